The molecule has 4 aromatic rings. The van der Waals surface area contributed by atoms with Crippen molar-refractivity contribution in [3.63, 3.8) is 0 Å². The minimum atomic E-state index is -0.406. The van der Waals surface area contributed by atoms with Crippen molar-refractivity contribution >= 4 is 23.5 Å². The van der Waals surface area contributed by atoms with Crippen LogP contribution in [0.4, 0.5) is 11.6 Å². The van der Waals surface area contributed by atoms with Crippen molar-refractivity contribution in [2.45, 2.75) is 19.9 Å². The van der Waals surface area contributed by atoms with E-state index in [1.54, 1.807) is 42.7 Å². The predicted octanol–water partition coefficient (Wildman–Crippen LogP) is 3.41. The summed E-state index contributed by atoms with van der Waals surface area (Å²) in [5.74, 6) is 0.453. The Bertz CT molecular complexity index is 1220. The molecule has 0 bridgehead atoms. The van der Waals surface area contributed by atoms with E-state index >= 15 is 0 Å². The van der Waals surface area contributed by atoms with Gasteiger partial charge in [-0.05, 0) is 44.2 Å². The third-order valence-corrected chi connectivity index (χ3v) is 4.41. The number of rotatable bonds is 6. The van der Waals surface area contributed by atoms with Crippen LogP contribution in [0.1, 0.15) is 40.6 Å². The monoisotopic (exact) mass is 417 g/mol. The Labute approximate surface area is 177 Å². The minimum Gasteiger partial charge on any atom is -0.449 e. The number of oxazole rings is 1. The maximum Gasteiger partial charge on any atom is 0.256 e. The van der Waals surface area contributed by atoms with Crippen molar-refractivity contribution in [2.24, 2.45) is 0 Å². The van der Waals surface area contributed by atoms with Gasteiger partial charge in [0.15, 0.2) is 18.0 Å². The number of aromatic nitrogens is 5. The number of carbonyl (C=O) groups is 2. The lowest BCUT2D eigenvalue weighted by molar-refractivity contribution is 0.102. The van der Waals surface area contributed by atoms with Gasteiger partial charge in [-0.3, -0.25) is 9.59 Å². The summed E-state index contributed by atoms with van der Waals surface area (Å²) >= 11 is 0. The Hall–Kier alpha value is -4.34. The summed E-state index contributed by atoms with van der Waals surface area (Å²) < 4.78 is 6.72. The van der Waals surface area contributed by atoms with Crippen LogP contribution in [0, 0.1) is 0 Å². The van der Waals surface area contributed by atoms with E-state index in [1.165, 1.54) is 18.7 Å². The second-order valence-electron chi connectivity index (χ2n) is 6.93. The highest BCUT2D eigenvalue weighted by Crippen LogP contribution is 2.20. The van der Waals surface area contributed by atoms with E-state index in [0.717, 1.165) is 0 Å². The van der Waals surface area contributed by atoms with Crippen molar-refractivity contribution in [2.75, 3.05) is 10.6 Å². The van der Waals surface area contributed by atoms with Crippen LogP contribution in [0.2, 0.25) is 0 Å². The van der Waals surface area contributed by atoms with Gasteiger partial charge in [0, 0.05) is 17.2 Å². The zero-order valence-corrected chi connectivity index (χ0v) is 16.8. The van der Waals surface area contributed by atoms with Gasteiger partial charge in [0.1, 0.15) is 24.1 Å². The lowest BCUT2D eigenvalue weighted by atomic mass is 10.1. The standard InChI is InChI=1S/C21H19N7O3/c1-13(2)28-11-23-27-19(28)16-7-4-8-17(24-16)25-20(29)14-5-3-6-15(9-14)21(30)26-18-10-31-12-22-18/h3-13H,1-2H3,(H,26,30)(H,24,25,29). The fourth-order valence-electron chi connectivity index (χ4n) is 2.89. The summed E-state index contributed by atoms with van der Waals surface area (Å²) in [5.41, 5.74) is 1.21. The summed E-state index contributed by atoms with van der Waals surface area (Å²) in [6.07, 6.45) is 4.17. The minimum absolute atomic E-state index is 0.163. The molecule has 0 aliphatic carbocycles. The van der Waals surface area contributed by atoms with E-state index in [4.69, 9.17) is 4.42 Å². The predicted molar refractivity (Wildman–Crippen MR) is 112 cm³/mol. The van der Waals surface area contributed by atoms with Crippen LogP contribution in [0.5, 0.6) is 0 Å². The van der Waals surface area contributed by atoms with Crippen LogP contribution in [-0.4, -0.2) is 36.5 Å². The van der Waals surface area contributed by atoms with E-state index in [9.17, 15) is 9.59 Å². The maximum absolute atomic E-state index is 12.7. The summed E-state index contributed by atoms with van der Waals surface area (Å²) in [5, 5.41) is 13.4. The highest BCUT2D eigenvalue weighted by molar-refractivity contribution is 6.08. The molecule has 0 aliphatic rings. The molecule has 3 aromatic heterocycles. The number of pyridine rings is 1. The molecular formula is C21H19N7O3. The Morgan fingerprint density at radius 1 is 1.00 bits per heavy atom. The fraction of sp³-hybridized carbons (Fsp3) is 0.143. The van der Waals surface area contributed by atoms with E-state index in [1.807, 2.05) is 18.4 Å². The number of nitrogens with zero attached hydrogens (tertiary/aromatic N) is 5. The van der Waals surface area contributed by atoms with Gasteiger partial charge in [-0.1, -0.05) is 12.1 Å². The molecule has 3 heterocycles. The lowest BCUT2D eigenvalue weighted by Gasteiger charge is -2.11. The van der Waals surface area contributed by atoms with Gasteiger partial charge in [-0.25, -0.2) is 4.98 Å². The first-order chi connectivity index (χ1) is 15.0. The average molecular weight is 417 g/mol. The van der Waals surface area contributed by atoms with Crippen molar-refractivity contribution in [3.05, 3.63) is 72.6 Å². The number of anilines is 2. The lowest BCUT2D eigenvalue weighted by Crippen LogP contribution is -2.16. The van der Waals surface area contributed by atoms with Gasteiger partial charge in [0.25, 0.3) is 11.8 Å². The summed E-state index contributed by atoms with van der Waals surface area (Å²) in [6, 6.07) is 11.7. The topological polar surface area (TPSA) is 128 Å². The van der Waals surface area contributed by atoms with Crippen molar-refractivity contribution in [1.82, 2.24) is 24.7 Å². The highest BCUT2D eigenvalue weighted by atomic mass is 16.3. The average Bonchev–Trinajstić information content (AvgIpc) is 3.46. The van der Waals surface area contributed by atoms with Crippen LogP contribution >= 0.6 is 0 Å². The van der Waals surface area contributed by atoms with Gasteiger partial charge < -0.3 is 19.6 Å². The van der Waals surface area contributed by atoms with Crippen molar-refractivity contribution < 1.29 is 14.0 Å². The van der Waals surface area contributed by atoms with Crippen molar-refractivity contribution in [1.29, 1.82) is 0 Å². The molecule has 2 N–H and O–H groups in total. The molecule has 156 valence electrons. The molecule has 0 spiro atoms. The maximum atomic E-state index is 12.7. The number of benzene rings is 1. The largest absolute Gasteiger partial charge is 0.449 e. The summed E-state index contributed by atoms with van der Waals surface area (Å²) in [6.45, 7) is 4.04. The van der Waals surface area contributed by atoms with Crippen LogP contribution in [0.3, 0.4) is 0 Å². The third kappa shape index (κ3) is 4.47. The molecule has 1 aromatic carbocycles. The molecule has 0 saturated heterocycles. The Balaban J connectivity index is 1.51. The quantitative estimate of drug-likeness (QED) is 0.492. The number of nitrogens with one attached hydrogen (secondary N) is 2. The molecule has 10 heteroatoms. The molecule has 0 aliphatic heterocycles. The van der Waals surface area contributed by atoms with Crippen LogP contribution < -0.4 is 10.6 Å². The van der Waals surface area contributed by atoms with Gasteiger partial charge in [-0.15, -0.1) is 10.2 Å². The molecule has 0 saturated carbocycles. The van der Waals surface area contributed by atoms with E-state index in [0.29, 0.717) is 28.5 Å². The van der Waals surface area contributed by atoms with Gasteiger partial charge in [0.05, 0.1) is 0 Å². The Kier molecular flexibility index (Phi) is 5.52. The van der Waals surface area contributed by atoms with E-state index in [2.05, 4.69) is 30.8 Å². The molecule has 0 atom stereocenters. The van der Waals surface area contributed by atoms with Crippen LogP contribution in [0.15, 0.2) is 65.9 Å². The highest BCUT2D eigenvalue weighted by Gasteiger charge is 2.15. The van der Waals surface area contributed by atoms with Crippen LogP contribution in [0.25, 0.3) is 11.5 Å². The molecule has 2 amide bonds. The smallest absolute Gasteiger partial charge is 0.256 e. The normalized spacial score (nSPS) is 10.8. The Morgan fingerprint density at radius 2 is 1.71 bits per heavy atom. The van der Waals surface area contributed by atoms with E-state index < -0.39 is 11.8 Å². The van der Waals surface area contributed by atoms with Gasteiger partial charge in [-0.2, -0.15) is 4.98 Å². The van der Waals surface area contributed by atoms with Gasteiger partial charge >= 0.3 is 0 Å². The number of carbonyl (C=O) groups excluding carboxylic acids is 2. The number of hydrogen-bond acceptors (Lipinski definition) is 7. The van der Waals surface area contributed by atoms with E-state index in [-0.39, 0.29) is 11.9 Å². The second kappa shape index (κ2) is 8.57. The fourth-order valence-corrected chi connectivity index (χ4v) is 2.89. The third-order valence-electron chi connectivity index (χ3n) is 4.41. The molecule has 0 radical (unpaired) electrons. The molecular weight excluding hydrogens is 398 g/mol. The van der Waals surface area contributed by atoms with Gasteiger partial charge in [0.2, 0.25) is 0 Å². The molecule has 0 fully saturated rings. The molecule has 10 nitrogen and oxygen atoms in total. The first-order valence-corrected chi connectivity index (χ1v) is 9.49. The first-order valence-electron chi connectivity index (χ1n) is 9.49. The molecule has 0 unspecified atom stereocenters. The zero-order valence-electron chi connectivity index (χ0n) is 16.8. The molecule has 4 rings (SSSR count). The van der Waals surface area contributed by atoms with Crippen LogP contribution in [-0.2, 0) is 0 Å². The molecule has 31 heavy (non-hydrogen) atoms. The summed E-state index contributed by atoms with van der Waals surface area (Å²) in [4.78, 5) is 33.4. The second-order valence-corrected chi connectivity index (χ2v) is 6.93. The Morgan fingerprint density at radius 3 is 2.39 bits per heavy atom. The number of hydrogen-bond donors (Lipinski definition) is 2. The zero-order chi connectivity index (χ0) is 21.8. The van der Waals surface area contributed by atoms with Crippen molar-refractivity contribution in [3.8, 4) is 11.5 Å². The first kappa shape index (κ1) is 20.0. The summed E-state index contributed by atoms with van der Waals surface area (Å²) in [7, 11) is 0. The number of amides is 2. The SMILES string of the molecule is CC(C)n1cnnc1-c1cccc(NC(=O)c2cccc(C(=O)Nc3cocn3)c2)n1.